The maximum absolute atomic E-state index is 12.3. The number of likely N-dealkylation sites (tertiary alicyclic amines) is 1. The number of urea groups is 1. The van der Waals surface area contributed by atoms with Crippen molar-refractivity contribution in [2.24, 2.45) is 0 Å². The van der Waals surface area contributed by atoms with Crippen LogP contribution in [-0.4, -0.2) is 64.7 Å². The van der Waals surface area contributed by atoms with Gasteiger partial charge in [0.05, 0.1) is 7.11 Å². The van der Waals surface area contributed by atoms with E-state index < -0.39 is 0 Å². The van der Waals surface area contributed by atoms with Gasteiger partial charge in [-0.2, -0.15) is 5.10 Å². The van der Waals surface area contributed by atoms with Crippen molar-refractivity contribution in [3.63, 3.8) is 0 Å². The number of carbonyl (C=O) groups is 1. The van der Waals surface area contributed by atoms with Gasteiger partial charge in [-0.05, 0) is 42.7 Å². The molecule has 4 rings (SSSR count). The summed E-state index contributed by atoms with van der Waals surface area (Å²) in [6, 6.07) is 12.0. The Bertz CT molecular complexity index is 997. The summed E-state index contributed by atoms with van der Waals surface area (Å²) >= 11 is 0. The van der Waals surface area contributed by atoms with Gasteiger partial charge < -0.3 is 14.5 Å². The molecule has 7 heteroatoms. The molecule has 0 aliphatic carbocycles. The Morgan fingerprint density at radius 1 is 1.21 bits per heavy atom. The molecule has 1 aromatic carbocycles. The van der Waals surface area contributed by atoms with E-state index in [-0.39, 0.29) is 11.9 Å². The molecule has 3 aromatic rings. The number of aromatic nitrogens is 3. The molecule has 2 aromatic heterocycles. The van der Waals surface area contributed by atoms with Crippen LogP contribution >= 0.6 is 0 Å². The number of carbonyl (C=O) groups excluding carboxylic acids is 1. The smallest absolute Gasteiger partial charge is 0.319 e. The van der Waals surface area contributed by atoms with Gasteiger partial charge in [0.2, 0.25) is 0 Å². The first-order valence-corrected chi connectivity index (χ1v) is 9.52. The third-order valence-corrected chi connectivity index (χ3v) is 5.19. The van der Waals surface area contributed by atoms with E-state index >= 15 is 0 Å². The van der Waals surface area contributed by atoms with Gasteiger partial charge in [-0.3, -0.25) is 0 Å². The van der Waals surface area contributed by atoms with E-state index in [4.69, 9.17) is 14.8 Å². The predicted molar refractivity (Wildman–Crippen MR) is 108 cm³/mol. The second kappa shape index (κ2) is 7.50. The van der Waals surface area contributed by atoms with Crippen molar-refractivity contribution in [3.8, 4) is 16.9 Å². The standard InChI is InChI=1S/C21H25N5O2/c1-24(2)21(27)25-11-5-7-17(13-25)20-22-19-10-9-16(14-26(19)23-20)15-6-4-8-18(12-15)28-3/h4,6,8-10,12,14,17H,5,7,11,13H2,1-3H3. The first-order valence-electron chi connectivity index (χ1n) is 9.52. The molecule has 0 saturated carbocycles. The monoisotopic (exact) mass is 379 g/mol. The van der Waals surface area contributed by atoms with Crippen LogP contribution in [-0.2, 0) is 0 Å². The van der Waals surface area contributed by atoms with Gasteiger partial charge in [-0.1, -0.05) is 12.1 Å². The summed E-state index contributed by atoms with van der Waals surface area (Å²) in [6.45, 7) is 1.46. The van der Waals surface area contributed by atoms with Crippen molar-refractivity contribution in [1.29, 1.82) is 0 Å². The Labute approximate surface area is 164 Å². The minimum absolute atomic E-state index is 0.0498. The molecule has 1 unspecified atom stereocenters. The van der Waals surface area contributed by atoms with Crippen LogP contribution in [0.5, 0.6) is 5.75 Å². The largest absolute Gasteiger partial charge is 0.497 e. The number of hydrogen-bond acceptors (Lipinski definition) is 4. The molecule has 0 radical (unpaired) electrons. The molecule has 2 amide bonds. The van der Waals surface area contributed by atoms with Crippen LogP contribution in [0, 0.1) is 0 Å². The normalized spacial score (nSPS) is 17.0. The van der Waals surface area contributed by atoms with E-state index in [1.807, 2.05) is 52.0 Å². The van der Waals surface area contributed by atoms with Crippen LogP contribution in [0.15, 0.2) is 42.6 Å². The minimum atomic E-state index is 0.0498. The van der Waals surface area contributed by atoms with Crippen LogP contribution in [0.3, 0.4) is 0 Å². The third kappa shape index (κ3) is 3.52. The highest BCUT2D eigenvalue weighted by Gasteiger charge is 2.28. The quantitative estimate of drug-likeness (QED) is 0.701. The maximum Gasteiger partial charge on any atom is 0.319 e. The third-order valence-electron chi connectivity index (χ3n) is 5.19. The van der Waals surface area contributed by atoms with Crippen LogP contribution in [0.2, 0.25) is 0 Å². The van der Waals surface area contributed by atoms with Crippen LogP contribution in [0.4, 0.5) is 4.79 Å². The Balaban J connectivity index is 1.60. The number of rotatable bonds is 3. The summed E-state index contributed by atoms with van der Waals surface area (Å²) < 4.78 is 7.15. The number of pyridine rings is 1. The molecule has 1 atom stereocenters. The lowest BCUT2D eigenvalue weighted by Gasteiger charge is -2.33. The fourth-order valence-corrected chi connectivity index (χ4v) is 3.69. The summed E-state index contributed by atoms with van der Waals surface area (Å²) in [5.74, 6) is 1.79. The highest BCUT2D eigenvalue weighted by Crippen LogP contribution is 2.27. The SMILES string of the molecule is COc1cccc(-c2ccc3nc(C4CCCN(C(=O)N(C)C)C4)nn3c2)c1. The zero-order chi connectivity index (χ0) is 19.7. The second-order valence-corrected chi connectivity index (χ2v) is 7.38. The molecule has 1 fully saturated rings. The molecule has 28 heavy (non-hydrogen) atoms. The lowest BCUT2D eigenvalue weighted by Crippen LogP contribution is -2.44. The van der Waals surface area contributed by atoms with Crippen molar-refractivity contribution in [3.05, 3.63) is 48.4 Å². The number of ether oxygens (including phenoxy) is 1. The number of methoxy groups -OCH3 is 1. The van der Waals surface area contributed by atoms with Gasteiger partial charge >= 0.3 is 6.03 Å². The van der Waals surface area contributed by atoms with E-state index in [0.717, 1.165) is 47.7 Å². The Hall–Kier alpha value is -3.09. The lowest BCUT2D eigenvalue weighted by atomic mass is 9.98. The van der Waals surface area contributed by atoms with Crippen molar-refractivity contribution in [1.82, 2.24) is 24.4 Å². The van der Waals surface area contributed by atoms with Crippen molar-refractivity contribution in [2.45, 2.75) is 18.8 Å². The summed E-state index contributed by atoms with van der Waals surface area (Å²) in [5, 5.41) is 4.73. The summed E-state index contributed by atoms with van der Waals surface area (Å²) in [7, 11) is 5.24. The predicted octanol–water partition coefficient (Wildman–Crippen LogP) is 3.27. The van der Waals surface area contributed by atoms with Gasteiger partial charge in [0, 0.05) is 44.9 Å². The number of benzene rings is 1. The Morgan fingerprint density at radius 2 is 2.07 bits per heavy atom. The van der Waals surface area contributed by atoms with E-state index in [9.17, 15) is 4.79 Å². The van der Waals surface area contributed by atoms with E-state index in [1.54, 1.807) is 26.1 Å². The van der Waals surface area contributed by atoms with Gasteiger partial charge in [-0.15, -0.1) is 0 Å². The molecule has 3 heterocycles. The van der Waals surface area contributed by atoms with Crippen LogP contribution < -0.4 is 4.74 Å². The number of hydrogen-bond donors (Lipinski definition) is 0. The molecular weight excluding hydrogens is 354 g/mol. The van der Waals surface area contributed by atoms with Crippen molar-refractivity contribution < 1.29 is 9.53 Å². The Kier molecular flexibility index (Phi) is 4.90. The minimum Gasteiger partial charge on any atom is -0.497 e. The summed E-state index contributed by atoms with van der Waals surface area (Å²) in [6.07, 6.45) is 3.96. The lowest BCUT2D eigenvalue weighted by molar-refractivity contribution is 0.153. The highest BCUT2D eigenvalue weighted by molar-refractivity contribution is 5.74. The molecule has 7 nitrogen and oxygen atoms in total. The summed E-state index contributed by atoms with van der Waals surface area (Å²) in [5.41, 5.74) is 2.94. The topological polar surface area (TPSA) is 63.0 Å². The first-order chi connectivity index (χ1) is 13.5. The van der Waals surface area contributed by atoms with Crippen LogP contribution in [0.25, 0.3) is 16.8 Å². The van der Waals surface area contributed by atoms with Gasteiger partial charge in [0.1, 0.15) is 5.75 Å². The molecule has 1 aliphatic heterocycles. The number of fused-ring (bicyclic) bond motifs is 1. The molecule has 146 valence electrons. The Morgan fingerprint density at radius 3 is 2.86 bits per heavy atom. The zero-order valence-corrected chi connectivity index (χ0v) is 16.5. The fourth-order valence-electron chi connectivity index (χ4n) is 3.69. The molecule has 1 aliphatic rings. The zero-order valence-electron chi connectivity index (χ0n) is 16.5. The second-order valence-electron chi connectivity index (χ2n) is 7.38. The van der Waals surface area contributed by atoms with E-state index in [0.29, 0.717) is 6.54 Å². The molecule has 0 bridgehead atoms. The first kappa shape index (κ1) is 18.3. The average molecular weight is 379 g/mol. The molecule has 0 spiro atoms. The van der Waals surface area contributed by atoms with Crippen LogP contribution in [0.1, 0.15) is 24.6 Å². The average Bonchev–Trinajstić information content (AvgIpc) is 3.16. The number of nitrogens with zero attached hydrogens (tertiary/aromatic N) is 5. The summed E-state index contributed by atoms with van der Waals surface area (Å²) in [4.78, 5) is 20.5. The molecule has 1 saturated heterocycles. The van der Waals surface area contributed by atoms with Gasteiger partial charge in [-0.25, -0.2) is 14.3 Å². The molecule has 0 N–H and O–H groups in total. The highest BCUT2D eigenvalue weighted by atomic mass is 16.5. The number of piperidine rings is 1. The molecular formula is C21H25N5O2. The van der Waals surface area contributed by atoms with Crippen molar-refractivity contribution >= 4 is 11.7 Å². The maximum atomic E-state index is 12.3. The van der Waals surface area contributed by atoms with E-state index in [2.05, 4.69) is 0 Å². The van der Waals surface area contributed by atoms with Crippen molar-refractivity contribution in [2.75, 3.05) is 34.3 Å². The van der Waals surface area contributed by atoms with Gasteiger partial charge in [0.25, 0.3) is 0 Å². The number of amides is 2. The van der Waals surface area contributed by atoms with E-state index in [1.165, 1.54) is 0 Å². The van der Waals surface area contributed by atoms with Gasteiger partial charge in [0.15, 0.2) is 11.5 Å². The fraction of sp³-hybridized carbons (Fsp3) is 0.381.